The summed E-state index contributed by atoms with van der Waals surface area (Å²) in [6.07, 6.45) is 10.5. The van der Waals surface area contributed by atoms with Crippen LogP contribution >= 0.6 is 0 Å². The number of hydrogen-bond donors (Lipinski definition) is 2. The van der Waals surface area contributed by atoms with E-state index in [0.717, 1.165) is 49.7 Å². The number of nitrogens with zero attached hydrogens (tertiary/aromatic N) is 3. The molecule has 0 atom stereocenters. The van der Waals surface area contributed by atoms with Crippen molar-refractivity contribution in [1.82, 2.24) is 25.3 Å². The number of nitrogens with one attached hydrogen (secondary N) is 2. The average Bonchev–Trinajstić information content (AvgIpc) is 3.36. The fourth-order valence-electron chi connectivity index (χ4n) is 5.47. The average molecular weight is 462 g/mol. The molecule has 1 aliphatic carbocycles. The summed E-state index contributed by atoms with van der Waals surface area (Å²) in [5.41, 5.74) is 3.73. The molecule has 0 unspecified atom stereocenters. The molecule has 7 nitrogen and oxygen atoms in total. The van der Waals surface area contributed by atoms with Gasteiger partial charge in [0.2, 0.25) is 5.88 Å². The van der Waals surface area contributed by atoms with Gasteiger partial charge in [0, 0.05) is 41.5 Å². The van der Waals surface area contributed by atoms with Gasteiger partial charge in [0.15, 0.2) is 0 Å². The van der Waals surface area contributed by atoms with E-state index in [2.05, 4.69) is 31.3 Å². The molecule has 2 aliphatic heterocycles. The van der Waals surface area contributed by atoms with E-state index in [1.807, 2.05) is 24.5 Å². The number of pyridine rings is 3. The highest BCUT2D eigenvalue weighted by Gasteiger charge is 2.49. The van der Waals surface area contributed by atoms with Crippen molar-refractivity contribution in [3.8, 4) is 5.88 Å². The van der Waals surface area contributed by atoms with Gasteiger partial charge in [-0.3, -0.25) is 4.98 Å². The lowest BCUT2D eigenvalue weighted by Crippen LogP contribution is -2.61. The van der Waals surface area contributed by atoms with Gasteiger partial charge in [-0.2, -0.15) is 0 Å². The summed E-state index contributed by atoms with van der Waals surface area (Å²) in [5.74, 6) is 0.146. The van der Waals surface area contributed by atoms with Gasteiger partial charge < -0.3 is 19.8 Å². The maximum Gasteiger partial charge on any atom is 0.213 e. The molecule has 0 aromatic carbocycles. The number of methoxy groups -OCH3 is 1. The minimum absolute atomic E-state index is 0.00160. The standard InChI is InChI=1S/C26H28FN5O2/c1-33-22-3-2-21-23(32-22)19(20(27)15-29-21)4-6-26-9-7-25(8-10-26,16-34-26)31-14-17-12-18-5-11-28-24(18)30-13-17/h2-3,5,11-13,15,31H,4,6-10,14,16H2,1H3,(H,28,30). The van der Waals surface area contributed by atoms with Crippen LogP contribution in [0.25, 0.3) is 22.1 Å². The lowest BCUT2D eigenvalue weighted by atomic mass is 9.69. The van der Waals surface area contributed by atoms with Gasteiger partial charge in [0.05, 0.1) is 36.5 Å². The Kier molecular flexibility index (Phi) is 5.22. The Morgan fingerprint density at radius 1 is 1.15 bits per heavy atom. The highest BCUT2D eigenvalue weighted by molar-refractivity contribution is 5.78. The van der Waals surface area contributed by atoms with Gasteiger partial charge in [0.1, 0.15) is 11.5 Å². The van der Waals surface area contributed by atoms with Crippen LogP contribution in [-0.2, 0) is 17.7 Å². The first kappa shape index (κ1) is 21.4. The predicted molar refractivity (Wildman–Crippen MR) is 127 cm³/mol. The fourth-order valence-corrected chi connectivity index (χ4v) is 5.47. The third-order valence-electron chi connectivity index (χ3n) is 7.68. The van der Waals surface area contributed by atoms with Crippen molar-refractivity contribution in [2.45, 2.75) is 56.2 Å². The van der Waals surface area contributed by atoms with Crippen LogP contribution in [-0.4, -0.2) is 44.8 Å². The third-order valence-corrected chi connectivity index (χ3v) is 7.68. The van der Waals surface area contributed by atoms with E-state index >= 15 is 0 Å². The first-order chi connectivity index (χ1) is 16.6. The molecule has 1 saturated carbocycles. The summed E-state index contributed by atoms with van der Waals surface area (Å²) in [7, 11) is 1.56. The summed E-state index contributed by atoms with van der Waals surface area (Å²) in [4.78, 5) is 16.3. The van der Waals surface area contributed by atoms with Crippen molar-refractivity contribution in [1.29, 1.82) is 0 Å². The predicted octanol–water partition coefficient (Wildman–Crippen LogP) is 4.46. The molecule has 0 spiro atoms. The molecule has 34 heavy (non-hydrogen) atoms. The van der Waals surface area contributed by atoms with Crippen molar-refractivity contribution in [2.75, 3.05) is 13.7 Å². The fraction of sp³-hybridized carbons (Fsp3) is 0.423. The normalized spacial score (nSPS) is 24.2. The molecule has 0 amide bonds. The van der Waals surface area contributed by atoms with E-state index < -0.39 is 0 Å². The smallest absolute Gasteiger partial charge is 0.213 e. The molecule has 176 valence electrons. The molecule has 4 aromatic rings. The minimum Gasteiger partial charge on any atom is -0.481 e. The largest absolute Gasteiger partial charge is 0.481 e. The Morgan fingerprint density at radius 3 is 2.82 bits per heavy atom. The number of halogens is 1. The second kappa shape index (κ2) is 8.29. The molecule has 4 aromatic heterocycles. The van der Waals surface area contributed by atoms with Crippen LogP contribution in [0.1, 0.15) is 43.2 Å². The lowest BCUT2D eigenvalue weighted by Gasteiger charge is -2.53. The molecular weight excluding hydrogens is 433 g/mol. The van der Waals surface area contributed by atoms with E-state index in [-0.39, 0.29) is 17.0 Å². The zero-order valence-corrected chi connectivity index (χ0v) is 19.2. The molecule has 0 radical (unpaired) electrons. The van der Waals surface area contributed by atoms with E-state index in [1.165, 1.54) is 11.8 Å². The van der Waals surface area contributed by atoms with Crippen LogP contribution in [0.2, 0.25) is 0 Å². The summed E-state index contributed by atoms with van der Waals surface area (Å²) in [6.45, 7) is 1.45. The quantitative estimate of drug-likeness (QED) is 0.423. The number of aryl methyl sites for hydroxylation is 1. The van der Waals surface area contributed by atoms with Crippen molar-refractivity contribution < 1.29 is 13.9 Å². The Morgan fingerprint density at radius 2 is 2.03 bits per heavy atom. The van der Waals surface area contributed by atoms with Crippen molar-refractivity contribution in [2.24, 2.45) is 0 Å². The lowest BCUT2D eigenvalue weighted by molar-refractivity contribution is -0.165. The van der Waals surface area contributed by atoms with Gasteiger partial charge in [0.25, 0.3) is 0 Å². The Hall–Kier alpha value is -3.10. The first-order valence-corrected chi connectivity index (χ1v) is 11.9. The molecule has 2 N–H and O–H groups in total. The van der Waals surface area contributed by atoms with E-state index in [4.69, 9.17) is 9.47 Å². The second-order valence-corrected chi connectivity index (χ2v) is 9.67. The van der Waals surface area contributed by atoms with E-state index in [1.54, 1.807) is 13.2 Å². The number of H-pyrrole nitrogens is 1. The molecule has 3 aliphatic rings. The molecule has 7 rings (SSSR count). The van der Waals surface area contributed by atoms with Crippen molar-refractivity contribution >= 4 is 22.1 Å². The highest BCUT2D eigenvalue weighted by atomic mass is 19.1. The Bertz CT molecular complexity index is 1330. The van der Waals surface area contributed by atoms with Gasteiger partial charge in [-0.1, -0.05) is 0 Å². The molecule has 8 heteroatoms. The zero-order valence-electron chi connectivity index (χ0n) is 19.2. The van der Waals surface area contributed by atoms with Crippen molar-refractivity contribution in [3.05, 3.63) is 59.8 Å². The number of fused-ring (bicyclic) bond motifs is 5. The molecular formula is C26H28FN5O2. The molecule has 3 fully saturated rings. The number of hydrogen-bond acceptors (Lipinski definition) is 6. The SMILES string of the molecule is COc1ccc2ncc(F)c(CCC34CCC(NCc5cnc6[nH]ccc6c5)(CC3)CO4)c2n1. The van der Waals surface area contributed by atoms with Crippen LogP contribution < -0.4 is 10.1 Å². The second-order valence-electron chi connectivity index (χ2n) is 9.67. The maximum atomic E-state index is 14.7. The monoisotopic (exact) mass is 461 g/mol. The Labute approximate surface area is 197 Å². The minimum atomic E-state index is -0.319. The van der Waals surface area contributed by atoms with Crippen LogP contribution in [0.5, 0.6) is 5.88 Å². The summed E-state index contributed by atoms with van der Waals surface area (Å²) in [5, 5.41) is 4.89. The van der Waals surface area contributed by atoms with Crippen LogP contribution in [0.3, 0.4) is 0 Å². The van der Waals surface area contributed by atoms with Crippen LogP contribution in [0, 0.1) is 5.82 Å². The number of rotatable bonds is 7. The zero-order chi connectivity index (χ0) is 23.2. The molecule has 2 saturated heterocycles. The van der Waals surface area contributed by atoms with E-state index in [9.17, 15) is 4.39 Å². The molecule has 6 heterocycles. The first-order valence-electron chi connectivity index (χ1n) is 11.9. The van der Waals surface area contributed by atoms with Gasteiger partial charge >= 0.3 is 0 Å². The van der Waals surface area contributed by atoms with Gasteiger partial charge in [-0.25, -0.2) is 14.4 Å². The number of aromatic amines is 1. The Balaban J connectivity index is 1.12. The maximum absolute atomic E-state index is 14.7. The van der Waals surface area contributed by atoms with Crippen molar-refractivity contribution in [3.63, 3.8) is 0 Å². The summed E-state index contributed by atoms with van der Waals surface area (Å²) >= 11 is 0. The summed E-state index contributed by atoms with van der Waals surface area (Å²) in [6, 6.07) is 7.79. The van der Waals surface area contributed by atoms with Gasteiger partial charge in [-0.05, 0) is 62.3 Å². The number of ether oxygens (including phenoxy) is 2. The van der Waals surface area contributed by atoms with Crippen LogP contribution in [0.15, 0.2) is 42.9 Å². The summed E-state index contributed by atoms with van der Waals surface area (Å²) < 4.78 is 26.5. The number of aromatic nitrogens is 4. The van der Waals surface area contributed by atoms with Crippen LogP contribution in [0.4, 0.5) is 4.39 Å². The highest BCUT2D eigenvalue weighted by Crippen LogP contribution is 2.46. The van der Waals surface area contributed by atoms with Gasteiger partial charge in [-0.15, -0.1) is 0 Å². The molecule has 2 bridgehead atoms. The topological polar surface area (TPSA) is 85.0 Å². The third kappa shape index (κ3) is 3.80. The van der Waals surface area contributed by atoms with E-state index in [0.29, 0.717) is 35.5 Å².